The first-order valence-corrected chi connectivity index (χ1v) is 8.94. The topological polar surface area (TPSA) is 91.9 Å². The minimum atomic E-state index is -1.06. The molecule has 144 valence electrons. The summed E-state index contributed by atoms with van der Waals surface area (Å²) in [6, 6.07) is 2.36. The molecule has 8 heteroatoms. The molecule has 0 radical (unpaired) electrons. The van der Waals surface area contributed by atoms with E-state index >= 15 is 0 Å². The Balaban J connectivity index is 1.91. The molecule has 1 aliphatic carbocycles. The van der Waals surface area contributed by atoms with Gasteiger partial charge in [0.25, 0.3) is 0 Å². The molecule has 1 heterocycles. The lowest BCUT2D eigenvalue weighted by molar-refractivity contribution is -0.131. The van der Waals surface area contributed by atoms with Gasteiger partial charge in [-0.05, 0) is 38.2 Å². The molecule has 6 nitrogen and oxygen atoms in total. The highest BCUT2D eigenvalue weighted by molar-refractivity contribution is 6.32. The fourth-order valence-corrected chi connectivity index (χ4v) is 3.42. The van der Waals surface area contributed by atoms with Gasteiger partial charge in [0.05, 0.1) is 17.3 Å². The van der Waals surface area contributed by atoms with Gasteiger partial charge in [0.15, 0.2) is 0 Å². The van der Waals surface area contributed by atoms with E-state index in [2.05, 4.69) is 0 Å². The lowest BCUT2D eigenvalue weighted by Crippen LogP contribution is -2.02. The van der Waals surface area contributed by atoms with Crippen molar-refractivity contribution < 1.29 is 29.2 Å². The zero-order valence-electron chi connectivity index (χ0n) is 14.4. The number of rotatable bonds is 6. The van der Waals surface area contributed by atoms with Crippen molar-refractivity contribution in [2.45, 2.75) is 32.1 Å². The maximum absolute atomic E-state index is 14.5. The Bertz CT molecular complexity index is 877. The first kappa shape index (κ1) is 19.1. The third-order valence-corrected chi connectivity index (χ3v) is 4.77. The van der Waals surface area contributed by atoms with E-state index in [-0.39, 0.29) is 34.8 Å². The van der Waals surface area contributed by atoms with Gasteiger partial charge in [0.1, 0.15) is 11.6 Å². The molecule has 0 aliphatic heterocycles. The second-order valence-corrected chi connectivity index (χ2v) is 6.67. The third-order valence-electron chi connectivity index (χ3n) is 4.48. The minimum Gasteiger partial charge on any atom is -0.494 e. The first-order chi connectivity index (χ1) is 12.9. The number of ether oxygens (including phenoxy) is 1. The predicted molar refractivity (Wildman–Crippen MR) is 97.6 cm³/mol. The molecule has 2 aromatic rings. The average Bonchev–Trinajstić information content (AvgIpc) is 2.88. The van der Waals surface area contributed by atoms with E-state index in [9.17, 15) is 19.4 Å². The summed E-state index contributed by atoms with van der Waals surface area (Å²) in [5.74, 6) is -1.96. The normalized spacial score (nSPS) is 13.7. The van der Waals surface area contributed by atoms with Crippen LogP contribution in [0.2, 0.25) is 5.02 Å². The van der Waals surface area contributed by atoms with E-state index in [1.54, 1.807) is 0 Å². The number of benzene rings is 1. The molecule has 0 atom stereocenters. The van der Waals surface area contributed by atoms with Crippen molar-refractivity contribution in [3.63, 3.8) is 0 Å². The Morgan fingerprint density at radius 1 is 1.22 bits per heavy atom. The highest BCUT2D eigenvalue weighted by atomic mass is 35.5. The molecule has 0 spiro atoms. The molecule has 0 unspecified atom stereocenters. The van der Waals surface area contributed by atoms with Crippen molar-refractivity contribution in [3.05, 3.63) is 46.3 Å². The number of hydrogen-bond donors (Lipinski definition) is 3. The number of carboxylic acids is 1. The predicted octanol–water partition coefficient (Wildman–Crippen LogP) is 3.97. The molecule has 1 aromatic heterocycles. The second kappa shape index (κ2) is 7.92. The highest BCUT2D eigenvalue weighted by Crippen LogP contribution is 2.42. The summed E-state index contributed by atoms with van der Waals surface area (Å²) < 4.78 is 21.1. The maximum atomic E-state index is 14.5. The van der Waals surface area contributed by atoms with Crippen LogP contribution in [-0.4, -0.2) is 32.5 Å². The van der Waals surface area contributed by atoms with Crippen LogP contribution >= 0.6 is 11.6 Å². The Labute approximate surface area is 160 Å². The van der Waals surface area contributed by atoms with E-state index < -0.39 is 11.8 Å². The lowest BCUT2D eigenvalue weighted by atomic mass is 9.95. The van der Waals surface area contributed by atoms with Crippen LogP contribution in [-0.2, 0) is 17.6 Å². The molecule has 0 saturated heterocycles. The fraction of sp³-hybridized carbons (Fsp3) is 0.316. The quantitative estimate of drug-likeness (QED) is 0.508. The summed E-state index contributed by atoms with van der Waals surface area (Å²) in [6.45, 7) is 0.134. The van der Waals surface area contributed by atoms with Crippen molar-refractivity contribution in [1.82, 2.24) is 4.57 Å². The van der Waals surface area contributed by atoms with Crippen LogP contribution in [0.4, 0.5) is 4.39 Å². The summed E-state index contributed by atoms with van der Waals surface area (Å²) in [7, 11) is 0. The van der Waals surface area contributed by atoms with E-state index in [0.717, 1.165) is 29.6 Å². The standard InChI is InChI=1S/C19H19ClFNO5/c20-13-9-14(21)15(10-16(13)27-8-4-3-7-17(23)24)22-18(25)11-5-1-2-6-12(11)19(22)26/h3,7,9-10,25-26H,1-2,4-6,8H2,(H,23,24). The summed E-state index contributed by atoms with van der Waals surface area (Å²) >= 11 is 6.02. The van der Waals surface area contributed by atoms with E-state index in [4.69, 9.17) is 21.4 Å². The van der Waals surface area contributed by atoms with Crippen LogP contribution in [0, 0.1) is 5.82 Å². The number of aromatic nitrogens is 1. The van der Waals surface area contributed by atoms with Gasteiger partial charge in [0, 0.05) is 23.3 Å². The van der Waals surface area contributed by atoms with E-state index in [1.807, 2.05) is 0 Å². The molecule has 0 bridgehead atoms. The summed E-state index contributed by atoms with van der Waals surface area (Å²) in [6.07, 6.45) is 5.78. The summed E-state index contributed by atoms with van der Waals surface area (Å²) in [5, 5.41) is 29.6. The Kier molecular flexibility index (Phi) is 5.60. The molecular formula is C19H19ClFNO5. The van der Waals surface area contributed by atoms with E-state index in [1.165, 1.54) is 12.1 Å². The van der Waals surface area contributed by atoms with Crippen LogP contribution in [0.5, 0.6) is 17.5 Å². The molecular weight excluding hydrogens is 377 g/mol. The Morgan fingerprint density at radius 2 is 1.85 bits per heavy atom. The number of fused-ring (bicyclic) bond motifs is 1. The van der Waals surface area contributed by atoms with Gasteiger partial charge < -0.3 is 20.1 Å². The molecule has 0 amide bonds. The highest BCUT2D eigenvalue weighted by Gasteiger charge is 2.27. The van der Waals surface area contributed by atoms with Crippen molar-refractivity contribution in [2.24, 2.45) is 0 Å². The second-order valence-electron chi connectivity index (χ2n) is 6.26. The number of nitrogens with zero attached hydrogens (tertiary/aromatic N) is 1. The van der Waals surface area contributed by atoms with Gasteiger partial charge in [-0.15, -0.1) is 0 Å². The minimum absolute atomic E-state index is 0.0364. The largest absolute Gasteiger partial charge is 0.494 e. The number of hydrogen-bond acceptors (Lipinski definition) is 4. The monoisotopic (exact) mass is 395 g/mol. The molecule has 0 fully saturated rings. The molecule has 1 aromatic carbocycles. The SMILES string of the molecule is O=C(O)C=CCCOc1cc(-n2c(O)c3c(c2O)CCCC3)c(F)cc1Cl. The zero-order valence-corrected chi connectivity index (χ0v) is 15.2. The van der Waals surface area contributed by atoms with Gasteiger partial charge in [-0.3, -0.25) is 0 Å². The Hall–Kier alpha value is -2.67. The fourth-order valence-electron chi connectivity index (χ4n) is 3.22. The molecule has 3 rings (SSSR count). The Morgan fingerprint density at radius 3 is 2.44 bits per heavy atom. The number of halogens is 2. The van der Waals surface area contributed by atoms with Crippen LogP contribution in [0.1, 0.15) is 30.4 Å². The van der Waals surface area contributed by atoms with Gasteiger partial charge in [-0.2, -0.15) is 0 Å². The molecule has 1 aliphatic rings. The number of aromatic hydroxyl groups is 2. The van der Waals surface area contributed by atoms with E-state index in [0.29, 0.717) is 30.4 Å². The molecule has 0 saturated carbocycles. The van der Waals surface area contributed by atoms with Gasteiger partial charge in [0.2, 0.25) is 11.8 Å². The van der Waals surface area contributed by atoms with Gasteiger partial charge >= 0.3 is 5.97 Å². The lowest BCUT2D eigenvalue weighted by Gasteiger charge is -2.13. The van der Waals surface area contributed by atoms with Crippen molar-refractivity contribution in [3.8, 4) is 23.2 Å². The summed E-state index contributed by atoms with van der Waals surface area (Å²) in [5.41, 5.74) is 1.20. The van der Waals surface area contributed by atoms with Crippen molar-refractivity contribution >= 4 is 17.6 Å². The van der Waals surface area contributed by atoms with Crippen LogP contribution in [0.3, 0.4) is 0 Å². The van der Waals surface area contributed by atoms with Crippen molar-refractivity contribution in [1.29, 1.82) is 0 Å². The van der Waals surface area contributed by atoms with Crippen molar-refractivity contribution in [2.75, 3.05) is 6.61 Å². The van der Waals surface area contributed by atoms with Crippen LogP contribution in [0.15, 0.2) is 24.3 Å². The number of carbonyl (C=O) groups is 1. The number of aliphatic carboxylic acids is 1. The average molecular weight is 396 g/mol. The zero-order chi connectivity index (χ0) is 19.6. The smallest absolute Gasteiger partial charge is 0.327 e. The summed E-state index contributed by atoms with van der Waals surface area (Å²) in [4.78, 5) is 10.4. The third kappa shape index (κ3) is 3.88. The van der Waals surface area contributed by atoms with Gasteiger partial charge in [-0.1, -0.05) is 17.7 Å². The molecule has 27 heavy (non-hydrogen) atoms. The van der Waals surface area contributed by atoms with Crippen LogP contribution in [0.25, 0.3) is 5.69 Å². The number of carboxylic acid groups (broad SMARTS) is 1. The van der Waals surface area contributed by atoms with Gasteiger partial charge in [-0.25, -0.2) is 13.8 Å². The first-order valence-electron chi connectivity index (χ1n) is 8.56. The van der Waals surface area contributed by atoms with Crippen LogP contribution < -0.4 is 4.74 Å². The molecule has 3 N–H and O–H groups in total. The maximum Gasteiger partial charge on any atom is 0.327 e.